The fourth-order valence-corrected chi connectivity index (χ4v) is 1.59. The zero-order chi connectivity index (χ0) is 11.8. The molecule has 92 valence electrons. The summed E-state index contributed by atoms with van der Waals surface area (Å²) in [6, 6.07) is 0.613. The van der Waals surface area contributed by atoms with Gasteiger partial charge in [-0.1, -0.05) is 13.8 Å². The van der Waals surface area contributed by atoms with Crippen molar-refractivity contribution in [1.29, 1.82) is 0 Å². The highest BCUT2D eigenvalue weighted by Crippen LogP contribution is 2.02. The number of rotatable bonds is 8. The van der Waals surface area contributed by atoms with Crippen molar-refractivity contribution in [2.24, 2.45) is 5.92 Å². The molecule has 0 saturated carbocycles. The highest BCUT2D eigenvalue weighted by Gasteiger charge is 2.12. The molecule has 1 unspecified atom stereocenters. The second-order valence-corrected chi connectivity index (χ2v) is 5.22. The molecule has 0 aliphatic rings. The number of nitrogens with one attached hydrogen (secondary N) is 1. The van der Waals surface area contributed by atoms with E-state index in [1.54, 1.807) is 0 Å². The van der Waals surface area contributed by atoms with Crippen LogP contribution in [0.15, 0.2) is 0 Å². The maximum Gasteiger partial charge on any atom is 0.0217 e. The monoisotopic (exact) mass is 215 g/mol. The van der Waals surface area contributed by atoms with E-state index < -0.39 is 0 Å². The molecule has 0 aromatic heterocycles. The minimum Gasteiger partial charge on any atom is -0.312 e. The van der Waals surface area contributed by atoms with Gasteiger partial charge in [0.2, 0.25) is 0 Å². The first kappa shape index (κ1) is 14.9. The van der Waals surface area contributed by atoms with Crippen molar-refractivity contribution in [3.05, 3.63) is 0 Å². The van der Waals surface area contributed by atoms with E-state index in [2.05, 4.69) is 57.2 Å². The lowest BCUT2D eigenvalue weighted by atomic mass is 10.0. The molecular weight excluding hydrogens is 186 g/mol. The molecule has 0 saturated heterocycles. The van der Waals surface area contributed by atoms with Crippen molar-refractivity contribution < 1.29 is 0 Å². The molecule has 0 radical (unpaired) electrons. The molecule has 0 aromatic carbocycles. The first-order valence-corrected chi connectivity index (χ1v) is 5.96. The van der Waals surface area contributed by atoms with Gasteiger partial charge in [0.25, 0.3) is 0 Å². The molecule has 3 heteroatoms. The first-order chi connectivity index (χ1) is 6.93. The van der Waals surface area contributed by atoms with Crippen LogP contribution in [0.1, 0.15) is 20.3 Å². The van der Waals surface area contributed by atoms with E-state index in [4.69, 9.17) is 0 Å². The fourth-order valence-electron chi connectivity index (χ4n) is 1.59. The molecule has 0 rings (SSSR count). The smallest absolute Gasteiger partial charge is 0.0217 e. The molecule has 3 nitrogen and oxygen atoms in total. The van der Waals surface area contributed by atoms with Gasteiger partial charge in [-0.15, -0.1) is 0 Å². The van der Waals surface area contributed by atoms with E-state index >= 15 is 0 Å². The van der Waals surface area contributed by atoms with Crippen LogP contribution >= 0.6 is 0 Å². The van der Waals surface area contributed by atoms with Crippen molar-refractivity contribution in [3.63, 3.8) is 0 Å². The van der Waals surface area contributed by atoms with E-state index in [1.165, 1.54) is 13.0 Å². The average Bonchev–Trinajstić information content (AvgIpc) is 2.08. The molecule has 0 fully saturated rings. The van der Waals surface area contributed by atoms with Gasteiger partial charge < -0.3 is 15.1 Å². The van der Waals surface area contributed by atoms with Crippen LogP contribution in [0.3, 0.4) is 0 Å². The van der Waals surface area contributed by atoms with Gasteiger partial charge >= 0.3 is 0 Å². The summed E-state index contributed by atoms with van der Waals surface area (Å²) < 4.78 is 0. The lowest BCUT2D eigenvalue weighted by Crippen LogP contribution is -2.42. The number of hydrogen-bond donors (Lipinski definition) is 1. The predicted octanol–water partition coefficient (Wildman–Crippen LogP) is 1.11. The van der Waals surface area contributed by atoms with Gasteiger partial charge in [0.15, 0.2) is 0 Å². The quantitative estimate of drug-likeness (QED) is 0.612. The fraction of sp³-hybridized carbons (Fsp3) is 1.00. The van der Waals surface area contributed by atoms with E-state index in [0.29, 0.717) is 12.0 Å². The van der Waals surface area contributed by atoms with Crippen LogP contribution < -0.4 is 5.32 Å². The molecule has 15 heavy (non-hydrogen) atoms. The van der Waals surface area contributed by atoms with Gasteiger partial charge in [0, 0.05) is 12.6 Å². The maximum atomic E-state index is 3.64. The maximum absolute atomic E-state index is 3.64. The van der Waals surface area contributed by atoms with E-state index in [1.807, 2.05) is 0 Å². The SMILES string of the molecule is CC(C)C(CN(C)C)NCCCN(C)C. The summed E-state index contributed by atoms with van der Waals surface area (Å²) in [5.41, 5.74) is 0. The summed E-state index contributed by atoms with van der Waals surface area (Å²) >= 11 is 0. The summed E-state index contributed by atoms with van der Waals surface area (Å²) in [7, 11) is 8.52. The van der Waals surface area contributed by atoms with Gasteiger partial charge in [0.05, 0.1) is 0 Å². The predicted molar refractivity (Wildman–Crippen MR) is 68.4 cm³/mol. The molecule has 1 N–H and O–H groups in total. The van der Waals surface area contributed by atoms with Crippen molar-refractivity contribution in [1.82, 2.24) is 15.1 Å². The Kier molecular flexibility index (Phi) is 8.02. The van der Waals surface area contributed by atoms with Crippen LogP contribution in [0.2, 0.25) is 0 Å². The van der Waals surface area contributed by atoms with Gasteiger partial charge in [-0.25, -0.2) is 0 Å². The Morgan fingerprint density at radius 3 is 2.00 bits per heavy atom. The molecule has 0 spiro atoms. The van der Waals surface area contributed by atoms with E-state index in [-0.39, 0.29) is 0 Å². The van der Waals surface area contributed by atoms with Crippen LogP contribution in [-0.4, -0.2) is 63.7 Å². The molecular formula is C12H29N3. The standard InChI is InChI=1S/C12H29N3/c1-11(2)12(10-15(5)6)13-8-7-9-14(3)4/h11-13H,7-10H2,1-6H3. The van der Waals surface area contributed by atoms with E-state index in [0.717, 1.165) is 13.1 Å². The van der Waals surface area contributed by atoms with Gasteiger partial charge in [-0.2, -0.15) is 0 Å². The Morgan fingerprint density at radius 1 is 1.00 bits per heavy atom. The van der Waals surface area contributed by atoms with Gasteiger partial charge in [0.1, 0.15) is 0 Å². The largest absolute Gasteiger partial charge is 0.312 e. The normalized spacial score (nSPS) is 14.2. The molecule has 1 atom stereocenters. The topological polar surface area (TPSA) is 18.5 Å². The van der Waals surface area contributed by atoms with Gasteiger partial charge in [-0.05, 0) is 53.6 Å². The Balaban J connectivity index is 3.67. The molecule has 0 amide bonds. The molecule has 0 heterocycles. The molecule has 0 aliphatic carbocycles. The summed E-state index contributed by atoms with van der Waals surface area (Å²) in [6.45, 7) is 7.98. The summed E-state index contributed by atoms with van der Waals surface area (Å²) in [5, 5.41) is 3.64. The van der Waals surface area contributed by atoms with Crippen LogP contribution in [0.5, 0.6) is 0 Å². The third-order valence-electron chi connectivity index (χ3n) is 2.56. The number of nitrogens with zero attached hydrogens (tertiary/aromatic N) is 2. The molecule has 0 aromatic rings. The lowest BCUT2D eigenvalue weighted by Gasteiger charge is -2.26. The summed E-state index contributed by atoms with van der Waals surface area (Å²) in [6.07, 6.45) is 1.23. The van der Waals surface area contributed by atoms with E-state index in [9.17, 15) is 0 Å². The highest BCUT2D eigenvalue weighted by molar-refractivity contribution is 4.72. The second kappa shape index (κ2) is 8.08. The summed E-state index contributed by atoms with van der Waals surface area (Å²) in [5.74, 6) is 0.701. The van der Waals surface area contributed by atoms with Crippen LogP contribution in [0.4, 0.5) is 0 Å². The van der Waals surface area contributed by atoms with Crippen LogP contribution in [0.25, 0.3) is 0 Å². The van der Waals surface area contributed by atoms with Crippen molar-refractivity contribution in [2.75, 3.05) is 47.8 Å². The minimum atomic E-state index is 0.613. The highest BCUT2D eigenvalue weighted by atomic mass is 15.1. The zero-order valence-electron chi connectivity index (χ0n) is 11.4. The Morgan fingerprint density at radius 2 is 1.60 bits per heavy atom. The number of likely N-dealkylation sites (N-methyl/N-ethyl adjacent to an activating group) is 1. The average molecular weight is 215 g/mol. The van der Waals surface area contributed by atoms with Crippen molar-refractivity contribution >= 4 is 0 Å². The second-order valence-electron chi connectivity index (χ2n) is 5.22. The Hall–Kier alpha value is -0.120. The number of hydrogen-bond acceptors (Lipinski definition) is 3. The molecule has 0 aliphatic heterocycles. The van der Waals surface area contributed by atoms with Crippen LogP contribution in [0, 0.1) is 5.92 Å². The minimum absolute atomic E-state index is 0.613. The van der Waals surface area contributed by atoms with Gasteiger partial charge in [-0.3, -0.25) is 0 Å². The zero-order valence-corrected chi connectivity index (χ0v) is 11.4. The first-order valence-electron chi connectivity index (χ1n) is 5.96. The summed E-state index contributed by atoms with van der Waals surface area (Å²) in [4.78, 5) is 4.49. The van der Waals surface area contributed by atoms with Crippen molar-refractivity contribution in [2.45, 2.75) is 26.3 Å². The third-order valence-corrected chi connectivity index (χ3v) is 2.56. The van der Waals surface area contributed by atoms with Crippen molar-refractivity contribution in [3.8, 4) is 0 Å². The Labute approximate surface area is 95.8 Å². The Bertz CT molecular complexity index is 144. The third kappa shape index (κ3) is 8.85. The van der Waals surface area contributed by atoms with Crippen LogP contribution in [-0.2, 0) is 0 Å². The lowest BCUT2D eigenvalue weighted by molar-refractivity contribution is 0.284. The molecule has 0 bridgehead atoms.